The quantitative estimate of drug-likeness (QED) is 0.570. The van der Waals surface area contributed by atoms with Crippen LogP contribution in [0.2, 0.25) is 0 Å². The Kier molecular flexibility index (Phi) is 1.48. The van der Waals surface area contributed by atoms with Crippen LogP contribution in [0.4, 0.5) is 0 Å². The van der Waals surface area contributed by atoms with E-state index in [1.807, 2.05) is 0 Å². The number of hydrogen-bond donors (Lipinski definition) is 1. The molecule has 0 spiro atoms. The van der Waals surface area contributed by atoms with Gasteiger partial charge in [0.05, 0.1) is 0 Å². The minimum absolute atomic E-state index is 0.0906. The van der Waals surface area contributed by atoms with Gasteiger partial charge in [-0.15, -0.1) is 0 Å². The molecule has 0 bridgehead atoms. The highest BCUT2D eigenvalue weighted by atomic mass is 16.3. The van der Waals surface area contributed by atoms with Crippen LogP contribution in [0, 0.1) is 13.8 Å². The third-order valence-electron chi connectivity index (χ3n) is 1.10. The highest BCUT2D eigenvalue weighted by Gasteiger charge is 1.97. The van der Waals surface area contributed by atoms with E-state index in [4.69, 9.17) is 5.11 Å². The smallest absolute Gasteiger partial charge is 0.147 e. The standard InChI is InChI=1S/C5H9N3O/c1-4-6-5(2)8(3-9)7-4/h9H,3H2,1-2H3. The van der Waals surface area contributed by atoms with Crippen molar-refractivity contribution in [3.05, 3.63) is 11.6 Å². The Morgan fingerprint density at radius 3 is 2.44 bits per heavy atom. The minimum atomic E-state index is -0.0906. The second kappa shape index (κ2) is 2.14. The van der Waals surface area contributed by atoms with Gasteiger partial charge >= 0.3 is 0 Å². The summed E-state index contributed by atoms with van der Waals surface area (Å²) in [6.07, 6.45) is 0. The van der Waals surface area contributed by atoms with E-state index in [0.717, 1.165) is 5.82 Å². The lowest BCUT2D eigenvalue weighted by atomic mass is 10.7. The van der Waals surface area contributed by atoms with Crippen LogP contribution in [0.15, 0.2) is 0 Å². The second-order valence-corrected chi connectivity index (χ2v) is 1.85. The monoisotopic (exact) mass is 127 g/mol. The zero-order chi connectivity index (χ0) is 6.85. The fourth-order valence-electron chi connectivity index (χ4n) is 0.695. The number of aliphatic hydroxyl groups excluding tert-OH is 1. The molecule has 0 amide bonds. The molecule has 0 aliphatic carbocycles. The van der Waals surface area contributed by atoms with Crippen molar-refractivity contribution >= 4 is 0 Å². The Morgan fingerprint density at radius 2 is 2.22 bits per heavy atom. The molecule has 0 saturated carbocycles. The molecule has 1 rings (SSSR count). The van der Waals surface area contributed by atoms with Crippen molar-refractivity contribution in [2.75, 3.05) is 0 Å². The van der Waals surface area contributed by atoms with Gasteiger partial charge in [-0.2, -0.15) is 5.10 Å². The SMILES string of the molecule is Cc1nc(C)n(CO)n1. The second-order valence-electron chi connectivity index (χ2n) is 1.85. The predicted molar refractivity (Wildman–Crippen MR) is 31.7 cm³/mol. The van der Waals surface area contributed by atoms with Gasteiger partial charge in [-0.1, -0.05) is 0 Å². The first kappa shape index (κ1) is 6.22. The first-order valence-electron chi connectivity index (χ1n) is 2.73. The van der Waals surface area contributed by atoms with E-state index < -0.39 is 0 Å². The summed E-state index contributed by atoms with van der Waals surface area (Å²) < 4.78 is 1.44. The van der Waals surface area contributed by atoms with Crippen LogP contribution < -0.4 is 0 Å². The molecule has 0 saturated heterocycles. The summed E-state index contributed by atoms with van der Waals surface area (Å²) in [4.78, 5) is 3.97. The summed E-state index contributed by atoms with van der Waals surface area (Å²) >= 11 is 0. The average molecular weight is 127 g/mol. The number of aromatic nitrogens is 3. The van der Waals surface area contributed by atoms with Gasteiger partial charge in [0, 0.05) is 0 Å². The molecule has 0 aliphatic heterocycles. The van der Waals surface area contributed by atoms with Crippen LogP contribution in [0.1, 0.15) is 11.6 Å². The van der Waals surface area contributed by atoms with Crippen molar-refractivity contribution in [1.82, 2.24) is 14.8 Å². The molecule has 0 aliphatic rings. The normalized spacial score (nSPS) is 10.1. The van der Waals surface area contributed by atoms with Crippen LogP contribution >= 0.6 is 0 Å². The number of aryl methyl sites for hydroxylation is 2. The van der Waals surface area contributed by atoms with Gasteiger partial charge in [0.15, 0.2) is 0 Å². The summed E-state index contributed by atoms with van der Waals surface area (Å²) in [5.74, 6) is 1.44. The third-order valence-corrected chi connectivity index (χ3v) is 1.10. The topological polar surface area (TPSA) is 50.9 Å². The molecule has 0 radical (unpaired) electrons. The van der Waals surface area contributed by atoms with Gasteiger partial charge in [0.25, 0.3) is 0 Å². The lowest BCUT2D eigenvalue weighted by molar-refractivity contribution is 0.191. The van der Waals surface area contributed by atoms with Gasteiger partial charge < -0.3 is 5.11 Å². The first-order chi connectivity index (χ1) is 4.24. The van der Waals surface area contributed by atoms with Gasteiger partial charge in [-0.05, 0) is 13.8 Å². The van der Waals surface area contributed by atoms with Gasteiger partial charge in [-0.25, -0.2) is 9.67 Å². The van der Waals surface area contributed by atoms with Gasteiger partial charge in [0.1, 0.15) is 18.4 Å². The molecule has 9 heavy (non-hydrogen) atoms. The highest BCUT2D eigenvalue weighted by Crippen LogP contribution is 1.92. The van der Waals surface area contributed by atoms with Crippen molar-refractivity contribution in [1.29, 1.82) is 0 Å². The summed E-state index contributed by atoms with van der Waals surface area (Å²) in [5.41, 5.74) is 0. The molecule has 0 atom stereocenters. The van der Waals surface area contributed by atoms with E-state index in [0.29, 0.717) is 5.82 Å². The molecule has 1 aromatic rings. The molecule has 0 aromatic carbocycles. The van der Waals surface area contributed by atoms with E-state index in [1.54, 1.807) is 13.8 Å². The Hall–Kier alpha value is -0.900. The van der Waals surface area contributed by atoms with Crippen LogP contribution in [0.5, 0.6) is 0 Å². The van der Waals surface area contributed by atoms with Crippen molar-refractivity contribution in [2.24, 2.45) is 0 Å². The number of aliphatic hydroxyl groups is 1. The van der Waals surface area contributed by atoms with Crippen LogP contribution in [-0.2, 0) is 6.73 Å². The Balaban J connectivity index is 3.01. The summed E-state index contributed by atoms with van der Waals surface area (Å²) in [7, 11) is 0. The minimum Gasteiger partial charge on any atom is -0.374 e. The largest absolute Gasteiger partial charge is 0.374 e. The molecular formula is C5H9N3O. The highest BCUT2D eigenvalue weighted by molar-refractivity contribution is 4.86. The van der Waals surface area contributed by atoms with E-state index in [1.165, 1.54) is 4.68 Å². The van der Waals surface area contributed by atoms with Crippen molar-refractivity contribution < 1.29 is 5.11 Å². The molecule has 4 heteroatoms. The molecular weight excluding hydrogens is 118 g/mol. The van der Waals surface area contributed by atoms with Crippen LogP contribution in [0.25, 0.3) is 0 Å². The van der Waals surface area contributed by atoms with E-state index in [9.17, 15) is 0 Å². The predicted octanol–water partition coefficient (Wildman–Crippen LogP) is -0.155. The Bertz CT molecular complexity index is 206. The number of rotatable bonds is 1. The number of hydrogen-bond acceptors (Lipinski definition) is 3. The number of nitrogens with zero attached hydrogens (tertiary/aromatic N) is 3. The van der Waals surface area contributed by atoms with E-state index in [2.05, 4.69) is 10.1 Å². The molecule has 0 unspecified atom stereocenters. The molecule has 1 aromatic heterocycles. The fourth-order valence-corrected chi connectivity index (χ4v) is 0.695. The lowest BCUT2D eigenvalue weighted by Gasteiger charge is -1.92. The van der Waals surface area contributed by atoms with Gasteiger partial charge in [0.2, 0.25) is 0 Å². The average Bonchev–Trinajstić information content (AvgIpc) is 2.10. The van der Waals surface area contributed by atoms with Gasteiger partial charge in [-0.3, -0.25) is 0 Å². The molecule has 1 N–H and O–H groups in total. The summed E-state index contributed by atoms with van der Waals surface area (Å²) in [5, 5.41) is 12.5. The lowest BCUT2D eigenvalue weighted by Crippen LogP contribution is -2.00. The zero-order valence-electron chi connectivity index (χ0n) is 5.50. The fraction of sp³-hybridized carbons (Fsp3) is 0.600. The summed E-state index contributed by atoms with van der Waals surface area (Å²) in [6.45, 7) is 3.50. The molecule has 1 heterocycles. The van der Waals surface area contributed by atoms with Crippen molar-refractivity contribution in [3.63, 3.8) is 0 Å². The maximum atomic E-state index is 8.59. The first-order valence-corrected chi connectivity index (χ1v) is 2.73. The Labute approximate surface area is 53.1 Å². The van der Waals surface area contributed by atoms with Crippen molar-refractivity contribution in [3.8, 4) is 0 Å². The molecule has 50 valence electrons. The molecule has 0 fully saturated rings. The van der Waals surface area contributed by atoms with E-state index >= 15 is 0 Å². The molecule has 4 nitrogen and oxygen atoms in total. The van der Waals surface area contributed by atoms with Crippen molar-refractivity contribution in [2.45, 2.75) is 20.6 Å². The van der Waals surface area contributed by atoms with Crippen LogP contribution in [0.3, 0.4) is 0 Å². The maximum Gasteiger partial charge on any atom is 0.147 e. The van der Waals surface area contributed by atoms with Crippen LogP contribution in [-0.4, -0.2) is 19.9 Å². The van der Waals surface area contributed by atoms with E-state index in [-0.39, 0.29) is 6.73 Å². The maximum absolute atomic E-state index is 8.59. The third kappa shape index (κ3) is 1.08. The summed E-state index contributed by atoms with van der Waals surface area (Å²) in [6, 6.07) is 0. The Morgan fingerprint density at radius 1 is 1.56 bits per heavy atom. The zero-order valence-corrected chi connectivity index (χ0v) is 5.50.